The minimum atomic E-state index is -5.42. The van der Waals surface area contributed by atoms with Crippen molar-refractivity contribution in [1.29, 1.82) is 0 Å². The van der Waals surface area contributed by atoms with Crippen LogP contribution in [0.4, 0.5) is 0 Å². The number of hydrogen-bond acceptors (Lipinski definition) is 7. The summed E-state index contributed by atoms with van der Waals surface area (Å²) in [5.41, 5.74) is -2.18. The Morgan fingerprint density at radius 3 is 1.00 bits per heavy atom. The Balaban J connectivity index is 5.70. The van der Waals surface area contributed by atoms with Crippen molar-refractivity contribution in [3.63, 3.8) is 0 Å². The van der Waals surface area contributed by atoms with Gasteiger partial charge in [0.05, 0.1) is 0 Å². The van der Waals surface area contributed by atoms with Gasteiger partial charge in [-0.25, -0.2) is 0 Å². The molecule has 0 aromatic heterocycles. The Labute approximate surface area is 133 Å². The Hall–Kier alpha value is 0.651. The molecule has 0 fully saturated rings. The fraction of sp³-hybridized carbons (Fsp3) is 1.00. The average Bonchev–Trinajstić information content (AvgIpc) is 1.83. The van der Waals surface area contributed by atoms with E-state index < -0.39 is 44.0 Å². The third kappa shape index (κ3) is 11.8. The van der Waals surface area contributed by atoms with Crippen molar-refractivity contribution in [2.75, 3.05) is 0 Å². The first-order valence-corrected chi connectivity index (χ1v) is 11.2. The molecule has 0 bridgehead atoms. The molecule has 0 saturated carbocycles. The van der Waals surface area contributed by atoms with Crippen molar-refractivity contribution in [2.45, 2.75) is 79.1 Å². The third-order valence-electron chi connectivity index (χ3n) is 1.56. The molecule has 0 atom stereocenters. The van der Waals surface area contributed by atoms with Crippen LogP contribution in [-0.4, -0.2) is 36.9 Å². The molecular weight excluding hydrogens is 332 g/mol. The van der Waals surface area contributed by atoms with E-state index in [0.717, 1.165) is 0 Å². The molecule has 0 aromatic carbocycles. The van der Waals surface area contributed by atoms with E-state index in [9.17, 15) is 11.1 Å². The van der Waals surface area contributed by atoms with E-state index in [1.807, 2.05) is 0 Å². The molecule has 0 aliphatic heterocycles. The predicted octanol–water partition coefficient (Wildman–Crippen LogP) is 1.67. The van der Waals surface area contributed by atoms with E-state index in [4.69, 9.17) is 16.3 Å². The SMILES string of the molecule is CC(C)(C)O[Si](OC(C)(C)C)(OC(C)(C)C)[O][Ti]([OH])([OH])[OH]. The fourth-order valence-electron chi connectivity index (χ4n) is 1.42. The van der Waals surface area contributed by atoms with E-state index in [1.54, 1.807) is 62.3 Å². The summed E-state index contributed by atoms with van der Waals surface area (Å²) in [6.45, 7) is 15.8. The van der Waals surface area contributed by atoms with Gasteiger partial charge in [-0.15, -0.1) is 0 Å². The molecule has 0 unspecified atom stereocenters. The van der Waals surface area contributed by atoms with Gasteiger partial charge >= 0.3 is 134 Å². The number of hydrogen-bond donors (Lipinski definition) is 3. The Kier molecular flexibility index (Phi) is 6.85. The number of rotatable bonds is 5. The standard InChI is InChI=1S/C12H27O4Si.3H2O.Ti/c1-10(2,3)14-17(13,15-11(4,5)6)16-12(7,8)9;;;;/h1-9H3;3*1H2;/q-1;;;;+4/p-3. The van der Waals surface area contributed by atoms with Gasteiger partial charge in [0.2, 0.25) is 0 Å². The molecule has 128 valence electrons. The van der Waals surface area contributed by atoms with Crippen LogP contribution in [-0.2, 0) is 34.4 Å². The van der Waals surface area contributed by atoms with Gasteiger partial charge < -0.3 is 0 Å². The van der Waals surface area contributed by atoms with Crippen LogP contribution in [0.5, 0.6) is 0 Å². The van der Waals surface area contributed by atoms with E-state index in [-0.39, 0.29) is 0 Å². The summed E-state index contributed by atoms with van der Waals surface area (Å²) in [7, 11) is -4.00. The topological polar surface area (TPSA) is 97.6 Å². The summed E-state index contributed by atoms with van der Waals surface area (Å²) in [5.74, 6) is 0. The summed E-state index contributed by atoms with van der Waals surface area (Å²) in [4.78, 5) is 0. The second-order valence-electron chi connectivity index (χ2n) is 7.82. The van der Waals surface area contributed by atoms with Crippen LogP contribution in [0.25, 0.3) is 0 Å². The van der Waals surface area contributed by atoms with Gasteiger partial charge in [0.15, 0.2) is 0 Å². The molecule has 0 radical (unpaired) electrons. The summed E-state index contributed by atoms with van der Waals surface area (Å²) in [5, 5.41) is 0. The molecule has 9 heteroatoms. The minimum absolute atomic E-state index is 0.726. The molecule has 0 aromatic rings. The van der Waals surface area contributed by atoms with Crippen molar-refractivity contribution in [3.8, 4) is 0 Å². The molecule has 0 spiro atoms. The Bertz CT molecular complexity index is 266. The van der Waals surface area contributed by atoms with E-state index in [1.165, 1.54) is 0 Å². The zero-order chi connectivity index (χ0) is 17.3. The molecular formula is C12H30O7SiTi. The first-order valence-electron chi connectivity index (χ1n) is 6.80. The summed E-state index contributed by atoms with van der Waals surface area (Å²) in [6, 6.07) is 0. The zero-order valence-electron chi connectivity index (χ0n) is 14.5. The van der Waals surface area contributed by atoms with Crippen molar-refractivity contribution >= 4 is 9.05 Å². The van der Waals surface area contributed by atoms with Crippen LogP contribution in [0, 0.1) is 0 Å². The maximum atomic E-state index is 9.41. The fourth-order valence-corrected chi connectivity index (χ4v) is 6.41. The Morgan fingerprint density at radius 2 is 0.857 bits per heavy atom. The zero-order valence-corrected chi connectivity index (χ0v) is 17.0. The average molecular weight is 362 g/mol. The van der Waals surface area contributed by atoms with E-state index in [0.29, 0.717) is 0 Å². The van der Waals surface area contributed by atoms with Crippen molar-refractivity contribution < 1.29 is 45.5 Å². The normalized spacial score (nSPS) is 15.4. The molecule has 0 aliphatic carbocycles. The molecule has 21 heavy (non-hydrogen) atoms. The maximum absolute atomic E-state index is 9.41. The molecule has 0 aliphatic rings. The molecule has 0 saturated heterocycles. The first-order chi connectivity index (χ1) is 8.83. The first kappa shape index (κ1) is 21.7. The second-order valence-corrected chi connectivity index (χ2v) is 12.4. The Morgan fingerprint density at radius 1 is 0.619 bits per heavy atom. The van der Waals surface area contributed by atoms with Crippen molar-refractivity contribution in [1.82, 2.24) is 0 Å². The van der Waals surface area contributed by atoms with E-state index in [2.05, 4.69) is 0 Å². The predicted molar refractivity (Wildman–Crippen MR) is 76.0 cm³/mol. The molecule has 7 nitrogen and oxygen atoms in total. The molecule has 0 rings (SSSR count). The summed E-state index contributed by atoms with van der Waals surface area (Å²) < 4.78 is 50.7. The third-order valence-corrected chi connectivity index (χ3v) is 7.12. The quantitative estimate of drug-likeness (QED) is 0.640. The molecule has 0 heterocycles. The van der Waals surface area contributed by atoms with Gasteiger partial charge in [-0.2, -0.15) is 0 Å². The van der Waals surface area contributed by atoms with Crippen molar-refractivity contribution in [2.24, 2.45) is 0 Å². The monoisotopic (exact) mass is 362 g/mol. The van der Waals surface area contributed by atoms with Crippen molar-refractivity contribution in [3.05, 3.63) is 0 Å². The van der Waals surface area contributed by atoms with E-state index >= 15 is 0 Å². The van der Waals surface area contributed by atoms with Crippen LogP contribution >= 0.6 is 0 Å². The van der Waals surface area contributed by atoms with Gasteiger partial charge in [0.25, 0.3) is 0 Å². The van der Waals surface area contributed by atoms with Crippen LogP contribution in [0.1, 0.15) is 62.3 Å². The van der Waals surface area contributed by atoms with Gasteiger partial charge in [-0.05, 0) is 0 Å². The van der Waals surface area contributed by atoms with Gasteiger partial charge in [0, 0.05) is 0 Å². The van der Waals surface area contributed by atoms with Crippen LogP contribution in [0.3, 0.4) is 0 Å². The summed E-state index contributed by atoms with van der Waals surface area (Å²) in [6.07, 6.45) is 0. The molecule has 3 N–H and O–H groups in total. The van der Waals surface area contributed by atoms with Crippen LogP contribution < -0.4 is 0 Å². The second kappa shape index (κ2) is 6.64. The van der Waals surface area contributed by atoms with Gasteiger partial charge in [-0.3, -0.25) is 0 Å². The van der Waals surface area contributed by atoms with Crippen LogP contribution in [0.15, 0.2) is 0 Å². The van der Waals surface area contributed by atoms with Gasteiger partial charge in [-0.1, -0.05) is 0 Å². The van der Waals surface area contributed by atoms with Gasteiger partial charge in [0.1, 0.15) is 0 Å². The summed E-state index contributed by atoms with van der Waals surface area (Å²) >= 11 is -5.42. The van der Waals surface area contributed by atoms with Crippen LogP contribution in [0.2, 0.25) is 0 Å². The molecule has 0 amide bonds.